The molecule has 6 atom stereocenters. The Kier molecular flexibility index (Phi) is 7.77. The first-order valence-corrected chi connectivity index (χ1v) is 14.7. The van der Waals surface area contributed by atoms with Gasteiger partial charge in [-0.3, -0.25) is 4.90 Å². The quantitative estimate of drug-likeness (QED) is 0.385. The van der Waals surface area contributed by atoms with E-state index >= 15 is 0 Å². The van der Waals surface area contributed by atoms with Crippen LogP contribution in [-0.2, 0) is 13.0 Å². The second kappa shape index (κ2) is 10.9. The summed E-state index contributed by atoms with van der Waals surface area (Å²) in [6.45, 7) is 13.3. The van der Waals surface area contributed by atoms with E-state index < -0.39 is 0 Å². The number of phenols is 1. The molecule has 0 amide bonds. The standard InChI is InChI=1S/C33H47NO3/c1-6-34(7-2)21-23-8-13-30(31(19-23)36-5)37-17-15-25-9-12-29-32-22(3)18-24-20-26(35)10-11-27(24)28(32)14-16-33(25,29)4/h8,10-11,13,19-20,22,25,28-29,32,35H,6-7,9,12,14-18,21H2,1-5H3/t22-,25-,28?,29?,32?,33-/m1/s1. The minimum atomic E-state index is 0.408. The lowest BCUT2D eigenvalue weighted by Gasteiger charge is -2.53. The van der Waals surface area contributed by atoms with Crippen LogP contribution in [0.3, 0.4) is 0 Å². The summed E-state index contributed by atoms with van der Waals surface area (Å²) in [6.07, 6.45) is 7.48. The van der Waals surface area contributed by atoms with Gasteiger partial charge in [0.05, 0.1) is 13.7 Å². The van der Waals surface area contributed by atoms with Gasteiger partial charge < -0.3 is 14.6 Å². The number of aromatic hydroxyl groups is 1. The fourth-order valence-corrected chi connectivity index (χ4v) is 8.49. The molecule has 0 heterocycles. The lowest BCUT2D eigenvalue weighted by molar-refractivity contribution is 0.000862. The number of ether oxygens (including phenoxy) is 2. The zero-order valence-electron chi connectivity index (χ0n) is 23.6. The molecule has 2 aromatic carbocycles. The van der Waals surface area contributed by atoms with Gasteiger partial charge in [-0.15, -0.1) is 0 Å². The Balaban J connectivity index is 1.23. The summed E-state index contributed by atoms with van der Waals surface area (Å²) in [5.41, 5.74) is 4.59. The van der Waals surface area contributed by atoms with Crippen molar-refractivity contribution >= 4 is 0 Å². The molecular formula is C33H47NO3. The Bertz CT molecular complexity index is 1080. The molecule has 4 heteroatoms. The minimum absolute atomic E-state index is 0.408. The van der Waals surface area contributed by atoms with Crippen molar-refractivity contribution in [3.8, 4) is 17.2 Å². The molecule has 2 fully saturated rings. The van der Waals surface area contributed by atoms with Crippen molar-refractivity contribution in [3.63, 3.8) is 0 Å². The molecule has 1 N–H and O–H groups in total. The van der Waals surface area contributed by atoms with E-state index in [0.717, 1.165) is 68.3 Å². The third-order valence-corrected chi connectivity index (χ3v) is 10.5. The first-order chi connectivity index (χ1) is 17.9. The Morgan fingerprint density at radius 1 is 1.03 bits per heavy atom. The van der Waals surface area contributed by atoms with Crippen molar-refractivity contribution in [1.82, 2.24) is 4.90 Å². The van der Waals surface area contributed by atoms with Crippen LogP contribution in [0.1, 0.15) is 82.4 Å². The van der Waals surface area contributed by atoms with Crippen LogP contribution in [0, 0.1) is 29.1 Å². The van der Waals surface area contributed by atoms with E-state index in [2.05, 4.69) is 56.9 Å². The SMILES string of the molecule is CCN(CC)Cc1ccc(OCC[C@H]2CCC3C4C(CC[C@@]32C)c2ccc(O)cc2C[C@H]4C)c(OC)c1. The fourth-order valence-electron chi connectivity index (χ4n) is 8.49. The zero-order chi connectivity index (χ0) is 26.2. The largest absolute Gasteiger partial charge is 0.508 e. The average molecular weight is 506 g/mol. The van der Waals surface area contributed by atoms with Crippen LogP contribution in [0.2, 0.25) is 0 Å². The molecular weight excluding hydrogens is 458 g/mol. The van der Waals surface area contributed by atoms with Crippen LogP contribution in [0.15, 0.2) is 36.4 Å². The van der Waals surface area contributed by atoms with E-state index in [4.69, 9.17) is 9.47 Å². The lowest BCUT2D eigenvalue weighted by atomic mass is 9.51. The van der Waals surface area contributed by atoms with Crippen LogP contribution in [0.25, 0.3) is 0 Å². The predicted molar refractivity (Wildman–Crippen MR) is 150 cm³/mol. The first-order valence-electron chi connectivity index (χ1n) is 14.7. The molecule has 0 saturated heterocycles. The predicted octanol–water partition coefficient (Wildman–Crippen LogP) is 7.43. The van der Waals surface area contributed by atoms with Gasteiger partial charge in [0.2, 0.25) is 0 Å². The maximum atomic E-state index is 10.0. The summed E-state index contributed by atoms with van der Waals surface area (Å²) >= 11 is 0. The molecule has 0 aromatic heterocycles. The number of phenolic OH excluding ortho intramolecular Hbond substituents is 1. The van der Waals surface area contributed by atoms with Gasteiger partial charge in [0.25, 0.3) is 0 Å². The van der Waals surface area contributed by atoms with Gasteiger partial charge in [-0.25, -0.2) is 0 Å². The maximum absolute atomic E-state index is 10.0. The van der Waals surface area contributed by atoms with E-state index in [1.165, 1.54) is 42.4 Å². The monoisotopic (exact) mass is 505 g/mol. The highest BCUT2D eigenvalue weighted by Crippen LogP contribution is 2.64. The molecule has 37 heavy (non-hydrogen) atoms. The molecule has 5 rings (SSSR count). The Morgan fingerprint density at radius 2 is 1.84 bits per heavy atom. The fraction of sp³-hybridized carbons (Fsp3) is 0.636. The summed E-state index contributed by atoms with van der Waals surface area (Å²) in [5.74, 6) is 5.75. The van der Waals surface area contributed by atoms with Crippen LogP contribution in [0.5, 0.6) is 17.2 Å². The van der Waals surface area contributed by atoms with Crippen molar-refractivity contribution in [2.45, 2.75) is 78.7 Å². The van der Waals surface area contributed by atoms with Gasteiger partial charge >= 0.3 is 0 Å². The van der Waals surface area contributed by atoms with Gasteiger partial charge in [0.15, 0.2) is 11.5 Å². The van der Waals surface area contributed by atoms with Crippen LogP contribution < -0.4 is 9.47 Å². The normalized spacial score (nSPS) is 30.5. The van der Waals surface area contributed by atoms with Crippen molar-refractivity contribution in [3.05, 3.63) is 53.1 Å². The third-order valence-electron chi connectivity index (χ3n) is 10.5. The molecule has 3 aliphatic carbocycles. The number of rotatable bonds is 9. The van der Waals surface area contributed by atoms with Gasteiger partial charge in [-0.05, 0) is 128 Å². The van der Waals surface area contributed by atoms with Crippen molar-refractivity contribution in [2.75, 3.05) is 26.8 Å². The smallest absolute Gasteiger partial charge is 0.161 e. The Labute approximate surface area is 224 Å². The summed E-state index contributed by atoms with van der Waals surface area (Å²) in [6, 6.07) is 12.6. The van der Waals surface area contributed by atoms with Crippen molar-refractivity contribution in [2.24, 2.45) is 29.1 Å². The molecule has 0 radical (unpaired) electrons. The van der Waals surface area contributed by atoms with E-state index in [1.807, 2.05) is 12.1 Å². The molecule has 3 unspecified atom stereocenters. The first kappa shape index (κ1) is 26.4. The second-order valence-corrected chi connectivity index (χ2v) is 12.3. The van der Waals surface area contributed by atoms with Crippen molar-refractivity contribution in [1.29, 1.82) is 0 Å². The van der Waals surface area contributed by atoms with Crippen molar-refractivity contribution < 1.29 is 14.6 Å². The highest BCUT2D eigenvalue weighted by Gasteiger charge is 2.55. The van der Waals surface area contributed by atoms with Crippen LogP contribution in [0.4, 0.5) is 0 Å². The number of benzene rings is 2. The van der Waals surface area contributed by atoms with Gasteiger partial charge in [-0.2, -0.15) is 0 Å². The molecule has 4 nitrogen and oxygen atoms in total. The van der Waals surface area contributed by atoms with E-state index in [1.54, 1.807) is 7.11 Å². The zero-order valence-corrected chi connectivity index (χ0v) is 23.6. The summed E-state index contributed by atoms with van der Waals surface area (Å²) in [7, 11) is 1.75. The number of methoxy groups -OCH3 is 1. The average Bonchev–Trinajstić information content (AvgIpc) is 3.23. The van der Waals surface area contributed by atoms with Gasteiger partial charge in [-0.1, -0.05) is 39.8 Å². The maximum Gasteiger partial charge on any atom is 0.161 e. The van der Waals surface area contributed by atoms with E-state index in [0.29, 0.717) is 23.0 Å². The number of nitrogens with zero attached hydrogens (tertiary/aromatic N) is 1. The molecule has 3 aliphatic rings. The summed E-state index contributed by atoms with van der Waals surface area (Å²) in [4.78, 5) is 2.41. The molecule has 202 valence electrons. The summed E-state index contributed by atoms with van der Waals surface area (Å²) < 4.78 is 12.1. The van der Waals surface area contributed by atoms with Gasteiger partial charge in [0, 0.05) is 6.54 Å². The molecule has 0 aliphatic heterocycles. The van der Waals surface area contributed by atoms with Crippen LogP contribution in [-0.4, -0.2) is 36.8 Å². The Morgan fingerprint density at radius 3 is 2.59 bits per heavy atom. The lowest BCUT2D eigenvalue weighted by Crippen LogP contribution is -2.45. The highest BCUT2D eigenvalue weighted by atomic mass is 16.5. The van der Waals surface area contributed by atoms with Gasteiger partial charge in [0.1, 0.15) is 5.75 Å². The molecule has 0 bridgehead atoms. The number of hydrogen-bond acceptors (Lipinski definition) is 4. The van der Waals surface area contributed by atoms with Crippen LogP contribution >= 0.6 is 0 Å². The third kappa shape index (κ3) is 4.99. The molecule has 2 aromatic rings. The molecule has 2 saturated carbocycles. The van der Waals surface area contributed by atoms with E-state index in [-0.39, 0.29) is 0 Å². The van der Waals surface area contributed by atoms with E-state index in [9.17, 15) is 5.11 Å². The Hall–Kier alpha value is -2.20. The minimum Gasteiger partial charge on any atom is -0.508 e. The number of hydrogen-bond donors (Lipinski definition) is 1. The second-order valence-electron chi connectivity index (χ2n) is 12.3. The number of fused-ring (bicyclic) bond motifs is 5. The summed E-state index contributed by atoms with van der Waals surface area (Å²) in [5, 5.41) is 10.0. The highest BCUT2D eigenvalue weighted by molar-refractivity contribution is 5.43. The topological polar surface area (TPSA) is 41.9 Å². The molecule has 0 spiro atoms.